The number of benzene rings is 1. The fraction of sp³-hybridized carbons (Fsp3) is 0.500. The van der Waals surface area contributed by atoms with Crippen molar-refractivity contribution in [3.63, 3.8) is 0 Å². The van der Waals surface area contributed by atoms with Crippen LogP contribution in [0.1, 0.15) is 48.1 Å². The van der Waals surface area contributed by atoms with Gasteiger partial charge >= 0.3 is 6.09 Å². The Morgan fingerprint density at radius 3 is 2.37 bits per heavy atom. The summed E-state index contributed by atoms with van der Waals surface area (Å²) < 4.78 is 16.4. The summed E-state index contributed by atoms with van der Waals surface area (Å²) in [5.41, 5.74) is 1.72. The van der Waals surface area contributed by atoms with Crippen LogP contribution in [0, 0.1) is 13.8 Å². The van der Waals surface area contributed by atoms with Crippen LogP contribution in [-0.4, -0.2) is 58.7 Å². The van der Waals surface area contributed by atoms with E-state index in [0.717, 1.165) is 17.0 Å². The normalized spacial score (nSPS) is 14.6. The molecule has 0 aliphatic carbocycles. The minimum absolute atomic E-state index is 0.0818. The van der Waals surface area contributed by atoms with Crippen LogP contribution < -0.4 is 4.74 Å². The van der Waals surface area contributed by atoms with Crippen LogP contribution >= 0.6 is 0 Å². The molecule has 1 fully saturated rings. The van der Waals surface area contributed by atoms with Crippen molar-refractivity contribution in [2.75, 3.05) is 26.2 Å². The van der Waals surface area contributed by atoms with E-state index in [-0.39, 0.29) is 12.0 Å². The molecule has 0 unspecified atom stereocenters. The highest BCUT2D eigenvalue weighted by Crippen LogP contribution is 2.20. The molecule has 0 atom stereocenters. The standard InChI is InChI=1S/C22H29N3O5/c1-15-19(16(2)30-23-15)14-28-18-8-6-7-17(13-18)20(26)24-9-11-25(12-10-24)21(27)29-22(3,4)5/h6-8,13H,9-12,14H2,1-5H3. The lowest BCUT2D eigenvalue weighted by molar-refractivity contribution is 0.0141. The molecule has 2 amide bonds. The number of amides is 2. The smallest absolute Gasteiger partial charge is 0.410 e. The first-order chi connectivity index (χ1) is 14.1. The van der Waals surface area contributed by atoms with Gasteiger partial charge in [-0.05, 0) is 52.8 Å². The Bertz CT molecular complexity index is 888. The van der Waals surface area contributed by atoms with Crippen LogP contribution in [0.15, 0.2) is 28.8 Å². The predicted molar refractivity (Wildman–Crippen MR) is 110 cm³/mol. The van der Waals surface area contributed by atoms with E-state index in [1.807, 2.05) is 40.7 Å². The number of nitrogens with zero attached hydrogens (tertiary/aromatic N) is 3. The monoisotopic (exact) mass is 415 g/mol. The average molecular weight is 415 g/mol. The zero-order valence-electron chi connectivity index (χ0n) is 18.2. The molecule has 1 saturated heterocycles. The first-order valence-electron chi connectivity index (χ1n) is 10.1. The summed E-state index contributed by atoms with van der Waals surface area (Å²) in [5.74, 6) is 1.25. The lowest BCUT2D eigenvalue weighted by Crippen LogP contribution is -2.51. The van der Waals surface area contributed by atoms with Crippen molar-refractivity contribution < 1.29 is 23.6 Å². The van der Waals surface area contributed by atoms with E-state index in [1.54, 1.807) is 28.0 Å². The van der Waals surface area contributed by atoms with Crippen molar-refractivity contribution in [2.45, 2.75) is 46.8 Å². The molecule has 1 aromatic heterocycles. The van der Waals surface area contributed by atoms with Gasteiger partial charge in [-0.2, -0.15) is 0 Å². The van der Waals surface area contributed by atoms with Gasteiger partial charge in [-0.25, -0.2) is 4.79 Å². The van der Waals surface area contributed by atoms with Crippen LogP contribution in [-0.2, 0) is 11.3 Å². The highest BCUT2D eigenvalue weighted by atomic mass is 16.6. The number of aryl methyl sites for hydroxylation is 2. The predicted octanol–water partition coefficient (Wildman–Crippen LogP) is 3.56. The third-order valence-corrected chi connectivity index (χ3v) is 4.86. The average Bonchev–Trinajstić information content (AvgIpc) is 3.02. The van der Waals surface area contributed by atoms with Gasteiger partial charge < -0.3 is 23.8 Å². The molecule has 1 aliphatic heterocycles. The molecule has 2 aromatic rings. The van der Waals surface area contributed by atoms with E-state index in [9.17, 15) is 9.59 Å². The van der Waals surface area contributed by atoms with Crippen LogP contribution in [0.2, 0.25) is 0 Å². The SMILES string of the molecule is Cc1noc(C)c1COc1cccc(C(=O)N2CCN(C(=O)OC(C)(C)C)CC2)c1. The fourth-order valence-electron chi connectivity index (χ4n) is 3.18. The van der Waals surface area contributed by atoms with Gasteiger partial charge in [0.05, 0.1) is 11.3 Å². The molecule has 2 heterocycles. The number of aromatic nitrogens is 1. The van der Waals surface area contributed by atoms with Crippen LogP contribution in [0.4, 0.5) is 4.79 Å². The summed E-state index contributed by atoms with van der Waals surface area (Å²) in [5, 5.41) is 3.92. The van der Waals surface area contributed by atoms with E-state index in [1.165, 1.54) is 0 Å². The molecule has 162 valence electrons. The van der Waals surface area contributed by atoms with Gasteiger partial charge in [0.1, 0.15) is 23.7 Å². The van der Waals surface area contributed by atoms with Gasteiger partial charge in [0.15, 0.2) is 0 Å². The van der Waals surface area contributed by atoms with Gasteiger partial charge in [-0.1, -0.05) is 11.2 Å². The molecule has 8 heteroatoms. The molecule has 1 aliphatic rings. The Hall–Kier alpha value is -3.03. The maximum absolute atomic E-state index is 12.9. The van der Waals surface area contributed by atoms with Crippen molar-refractivity contribution in [1.82, 2.24) is 15.0 Å². The Kier molecular flexibility index (Phi) is 6.34. The van der Waals surface area contributed by atoms with Gasteiger partial charge in [-0.15, -0.1) is 0 Å². The summed E-state index contributed by atoms with van der Waals surface area (Å²) in [6, 6.07) is 7.12. The molecule has 1 aromatic carbocycles. The number of piperazine rings is 1. The van der Waals surface area contributed by atoms with E-state index in [0.29, 0.717) is 44.1 Å². The third kappa shape index (κ3) is 5.31. The van der Waals surface area contributed by atoms with E-state index in [4.69, 9.17) is 14.0 Å². The molecule has 8 nitrogen and oxygen atoms in total. The first-order valence-corrected chi connectivity index (χ1v) is 10.1. The Labute approximate surface area is 176 Å². The molecule has 0 radical (unpaired) electrons. The summed E-state index contributed by atoms with van der Waals surface area (Å²) >= 11 is 0. The van der Waals surface area contributed by atoms with Crippen LogP contribution in [0.5, 0.6) is 5.75 Å². The summed E-state index contributed by atoms with van der Waals surface area (Å²) in [6.45, 7) is 11.4. The summed E-state index contributed by atoms with van der Waals surface area (Å²) in [7, 11) is 0. The molecule has 30 heavy (non-hydrogen) atoms. The van der Waals surface area contributed by atoms with Gasteiger partial charge in [0.25, 0.3) is 5.91 Å². The minimum atomic E-state index is -0.534. The van der Waals surface area contributed by atoms with Crippen molar-refractivity contribution in [2.24, 2.45) is 0 Å². The molecule has 0 spiro atoms. The zero-order valence-corrected chi connectivity index (χ0v) is 18.2. The maximum Gasteiger partial charge on any atom is 0.410 e. The minimum Gasteiger partial charge on any atom is -0.489 e. The van der Waals surface area contributed by atoms with Crippen LogP contribution in [0.25, 0.3) is 0 Å². The number of carbonyl (C=O) groups excluding carboxylic acids is 2. The lowest BCUT2D eigenvalue weighted by atomic mass is 10.1. The van der Waals surface area contributed by atoms with Crippen molar-refractivity contribution in [1.29, 1.82) is 0 Å². The maximum atomic E-state index is 12.9. The second-order valence-electron chi connectivity index (χ2n) is 8.38. The first kappa shape index (κ1) is 21.7. The van der Waals surface area contributed by atoms with Crippen molar-refractivity contribution >= 4 is 12.0 Å². The number of rotatable bonds is 4. The van der Waals surface area contributed by atoms with E-state index < -0.39 is 5.60 Å². The van der Waals surface area contributed by atoms with Gasteiger partial charge in [0.2, 0.25) is 0 Å². The fourth-order valence-corrected chi connectivity index (χ4v) is 3.18. The summed E-state index contributed by atoms with van der Waals surface area (Å²) in [6.07, 6.45) is -0.343. The number of hydrogen-bond donors (Lipinski definition) is 0. The highest BCUT2D eigenvalue weighted by molar-refractivity contribution is 5.94. The number of carbonyl (C=O) groups is 2. The lowest BCUT2D eigenvalue weighted by Gasteiger charge is -2.35. The highest BCUT2D eigenvalue weighted by Gasteiger charge is 2.28. The molecule has 3 rings (SSSR count). The second kappa shape index (κ2) is 8.77. The molecule has 0 saturated carbocycles. The number of hydrogen-bond acceptors (Lipinski definition) is 6. The van der Waals surface area contributed by atoms with Crippen molar-refractivity contribution in [3.05, 3.63) is 46.8 Å². The zero-order chi connectivity index (χ0) is 21.9. The molecule has 0 bridgehead atoms. The second-order valence-corrected chi connectivity index (χ2v) is 8.38. The van der Waals surface area contributed by atoms with Gasteiger partial charge in [0, 0.05) is 31.7 Å². The molecular weight excluding hydrogens is 386 g/mol. The quantitative estimate of drug-likeness (QED) is 0.759. The Morgan fingerprint density at radius 1 is 1.10 bits per heavy atom. The number of ether oxygens (including phenoxy) is 2. The van der Waals surface area contributed by atoms with Gasteiger partial charge in [-0.3, -0.25) is 4.79 Å². The van der Waals surface area contributed by atoms with E-state index >= 15 is 0 Å². The molecular formula is C22H29N3O5. The molecule has 0 N–H and O–H groups in total. The topological polar surface area (TPSA) is 85.1 Å². The Morgan fingerprint density at radius 2 is 1.77 bits per heavy atom. The third-order valence-electron chi connectivity index (χ3n) is 4.86. The largest absolute Gasteiger partial charge is 0.489 e. The van der Waals surface area contributed by atoms with E-state index in [2.05, 4.69) is 5.16 Å². The Balaban J connectivity index is 1.57. The van der Waals surface area contributed by atoms with Crippen molar-refractivity contribution in [3.8, 4) is 5.75 Å². The summed E-state index contributed by atoms with van der Waals surface area (Å²) in [4.78, 5) is 28.5. The van der Waals surface area contributed by atoms with Crippen LogP contribution in [0.3, 0.4) is 0 Å².